The van der Waals surface area contributed by atoms with Gasteiger partial charge in [-0.1, -0.05) is 5.16 Å². The van der Waals surface area contributed by atoms with Crippen molar-refractivity contribution in [3.05, 3.63) is 34.0 Å². The monoisotopic (exact) mass is 178 g/mol. The van der Waals surface area contributed by atoms with Crippen LogP contribution in [0.4, 0.5) is 5.69 Å². The Kier molecular flexibility index (Phi) is 1.51. The molecule has 0 amide bonds. The van der Waals surface area contributed by atoms with E-state index >= 15 is 0 Å². The number of nitrogens with zero attached hydrogens (tertiary/aromatic N) is 2. The van der Waals surface area contributed by atoms with E-state index < -0.39 is 4.92 Å². The number of nitro groups is 1. The Hall–Kier alpha value is -1.91. The van der Waals surface area contributed by atoms with Crippen LogP contribution < -0.4 is 0 Å². The maximum absolute atomic E-state index is 10.5. The van der Waals surface area contributed by atoms with Crippen LogP contribution in [0.1, 0.15) is 5.56 Å². The number of nitro benzene ring substituents is 1. The van der Waals surface area contributed by atoms with Crippen LogP contribution in [0.15, 0.2) is 22.9 Å². The molecule has 1 aromatic carbocycles. The minimum atomic E-state index is -0.431. The number of non-ortho nitro benzene ring substituents is 1. The van der Waals surface area contributed by atoms with E-state index in [9.17, 15) is 10.1 Å². The second-order valence-corrected chi connectivity index (χ2v) is 2.76. The summed E-state index contributed by atoms with van der Waals surface area (Å²) in [5.74, 6) is 0. The SMILES string of the molecule is Cc1cc([N+](=O)[O-])cc2cnoc12. The highest BCUT2D eigenvalue weighted by Gasteiger charge is 2.11. The highest BCUT2D eigenvalue weighted by Crippen LogP contribution is 2.24. The molecule has 13 heavy (non-hydrogen) atoms. The van der Waals surface area contributed by atoms with E-state index in [0.29, 0.717) is 11.0 Å². The summed E-state index contributed by atoms with van der Waals surface area (Å²) in [5, 5.41) is 14.7. The van der Waals surface area contributed by atoms with Crippen LogP contribution in [-0.4, -0.2) is 10.1 Å². The molecular formula is C8H6N2O3. The van der Waals surface area contributed by atoms with E-state index in [0.717, 1.165) is 5.56 Å². The lowest BCUT2D eigenvalue weighted by molar-refractivity contribution is -0.384. The van der Waals surface area contributed by atoms with Gasteiger partial charge in [-0.2, -0.15) is 0 Å². The highest BCUT2D eigenvalue weighted by molar-refractivity contribution is 5.81. The number of rotatable bonds is 1. The van der Waals surface area contributed by atoms with Gasteiger partial charge < -0.3 is 4.52 Å². The van der Waals surface area contributed by atoms with E-state index in [-0.39, 0.29) is 5.69 Å². The average molecular weight is 178 g/mol. The Morgan fingerprint density at radius 1 is 1.54 bits per heavy atom. The standard InChI is InChI=1S/C8H6N2O3/c1-5-2-7(10(11)12)3-6-4-9-13-8(5)6/h2-4H,1H3. The van der Waals surface area contributed by atoms with E-state index in [1.54, 1.807) is 6.92 Å². The average Bonchev–Trinajstić information content (AvgIpc) is 2.51. The van der Waals surface area contributed by atoms with Gasteiger partial charge in [-0.05, 0) is 6.92 Å². The molecule has 0 saturated heterocycles. The second kappa shape index (κ2) is 2.55. The minimum Gasteiger partial charge on any atom is -0.356 e. The van der Waals surface area contributed by atoms with E-state index in [1.165, 1.54) is 18.3 Å². The Morgan fingerprint density at radius 2 is 2.31 bits per heavy atom. The van der Waals surface area contributed by atoms with Crippen LogP contribution in [0, 0.1) is 17.0 Å². The van der Waals surface area contributed by atoms with Crippen molar-refractivity contribution in [1.82, 2.24) is 5.16 Å². The van der Waals surface area contributed by atoms with E-state index in [4.69, 9.17) is 4.52 Å². The summed E-state index contributed by atoms with van der Waals surface area (Å²) in [6, 6.07) is 2.91. The summed E-state index contributed by atoms with van der Waals surface area (Å²) in [6.45, 7) is 1.75. The minimum absolute atomic E-state index is 0.0631. The molecule has 0 radical (unpaired) electrons. The zero-order valence-electron chi connectivity index (χ0n) is 6.85. The van der Waals surface area contributed by atoms with Crippen LogP contribution >= 0.6 is 0 Å². The molecule has 2 rings (SSSR count). The third kappa shape index (κ3) is 1.14. The van der Waals surface area contributed by atoms with Crippen LogP contribution in [0.3, 0.4) is 0 Å². The Labute approximate surface area is 73.1 Å². The van der Waals surface area contributed by atoms with Crippen molar-refractivity contribution in [2.24, 2.45) is 0 Å². The molecule has 0 bridgehead atoms. The van der Waals surface area contributed by atoms with Gasteiger partial charge in [0.05, 0.1) is 11.1 Å². The predicted molar refractivity (Wildman–Crippen MR) is 45.4 cm³/mol. The Balaban J connectivity index is 2.77. The van der Waals surface area contributed by atoms with Crippen molar-refractivity contribution in [3.8, 4) is 0 Å². The largest absolute Gasteiger partial charge is 0.356 e. The Morgan fingerprint density at radius 3 is 3.00 bits per heavy atom. The van der Waals surface area contributed by atoms with Crippen molar-refractivity contribution in [1.29, 1.82) is 0 Å². The summed E-state index contributed by atoms with van der Waals surface area (Å²) < 4.78 is 4.91. The van der Waals surface area contributed by atoms with Crippen LogP contribution in [0.25, 0.3) is 11.0 Å². The van der Waals surface area contributed by atoms with E-state index in [1.807, 2.05) is 0 Å². The fourth-order valence-corrected chi connectivity index (χ4v) is 1.24. The summed E-state index contributed by atoms with van der Waals surface area (Å²) in [5.41, 5.74) is 1.39. The number of aryl methyl sites for hydroxylation is 1. The number of fused-ring (bicyclic) bond motifs is 1. The van der Waals surface area contributed by atoms with Gasteiger partial charge in [-0.25, -0.2) is 0 Å². The lowest BCUT2D eigenvalue weighted by Gasteiger charge is -1.93. The molecule has 5 nitrogen and oxygen atoms in total. The van der Waals surface area contributed by atoms with Crippen molar-refractivity contribution in [2.75, 3.05) is 0 Å². The first-order valence-corrected chi connectivity index (χ1v) is 3.68. The summed E-state index contributed by atoms with van der Waals surface area (Å²) in [7, 11) is 0. The third-order valence-electron chi connectivity index (χ3n) is 1.83. The van der Waals surface area contributed by atoms with Gasteiger partial charge >= 0.3 is 0 Å². The van der Waals surface area contributed by atoms with Gasteiger partial charge in [-0.15, -0.1) is 0 Å². The first-order valence-electron chi connectivity index (χ1n) is 3.68. The second-order valence-electron chi connectivity index (χ2n) is 2.76. The quantitative estimate of drug-likeness (QED) is 0.495. The molecule has 0 atom stereocenters. The maximum atomic E-state index is 10.5. The van der Waals surface area contributed by atoms with Crippen molar-refractivity contribution in [2.45, 2.75) is 6.92 Å². The number of aromatic nitrogens is 1. The molecule has 5 heteroatoms. The van der Waals surface area contributed by atoms with Crippen molar-refractivity contribution in [3.63, 3.8) is 0 Å². The molecule has 0 unspecified atom stereocenters. The normalized spacial score (nSPS) is 10.5. The lowest BCUT2D eigenvalue weighted by Crippen LogP contribution is -1.88. The van der Waals surface area contributed by atoms with Crippen LogP contribution in [-0.2, 0) is 0 Å². The van der Waals surface area contributed by atoms with Crippen molar-refractivity contribution < 1.29 is 9.45 Å². The van der Waals surface area contributed by atoms with Crippen LogP contribution in [0.5, 0.6) is 0 Å². The van der Waals surface area contributed by atoms with Crippen molar-refractivity contribution >= 4 is 16.7 Å². The van der Waals surface area contributed by atoms with Gasteiger partial charge in [0.2, 0.25) is 0 Å². The third-order valence-corrected chi connectivity index (χ3v) is 1.83. The van der Waals surface area contributed by atoms with Crippen LogP contribution in [0.2, 0.25) is 0 Å². The fourth-order valence-electron chi connectivity index (χ4n) is 1.24. The summed E-state index contributed by atoms with van der Waals surface area (Å²) in [6.07, 6.45) is 1.47. The molecule has 0 fully saturated rings. The molecule has 0 aliphatic carbocycles. The maximum Gasteiger partial charge on any atom is 0.270 e. The van der Waals surface area contributed by atoms with Gasteiger partial charge in [0.25, 0.3) is 5.69 Å². The summed E-state index contributed by atoms with van der Waals surface area (Å²) >= 11 is 0. The molecule has 2 aromatic rings. The van der Waals surface area contributed by atoms with Gasteiger partial charge in [0.1, 0.15) is 0 Å². The molecule has 1 aromatic heterocycles. The molecule has 0 spiro atoms. The zero-order chi connectivity index (χ0) is 9.42. The number of hydrogen-bond donors (Lipinski definition) is 0. The molecular weight excluding hydrogens is 172 g/mol. The van der Waals surface area contributed by atoms with Gasteiger partial charge in [-0.3, -0.25) is 10.1 Å². The van der Waals surface area contributed by atoms with Gasteiger partial charge in [0.15, 0.2) is 5.58 Å². The lowest BCUT2D eigenvalue weighted by atomic mass is 10.1. The molecule has 0 saturated carbocycles. The van der Waals surface area contributed by atoms with E-state index in [2.05, 4.69) is 5.16 Å². The first-order chi connectivity index (χ1) is 6.18. The molecule has 0 aliphatic rings. The number of hydrogen-bond acceptors (Lipinski definition) is 4. The smallest absolute Gasteiger partial charge is 0.270 e. The summed E-state index contributed by atoms with van der Waals surface area (Å²) in [4.78, 5) is 10.0. The first kappa shape index (κ1) is 7.72. The molecule has 1 heterocycles. The number of benzene rings is 1. The molecule has 0 aliphatic heterocycles. The predicted octanol–water partition coefficient (Wildman–Crippen LogP) is 2.04. The Bertz CT molecular complexity index is 475. The topological polar surface area (TPSA) is 69.2 Å². The molecule has 66 valence electrons. The highest BCUT2D eigenvalue weighted by atomic mass is 16.6. The molecule has 0 N–H and O–H groups in total. The zero-order valence-corrected chi connectivity index (χ0v) is 6.85. The fraction of sp³-hybridized carbons (Fsp3) is 0.125. The van der Waals surface area contributed by atoms with Gasteiger partial charge in [0, 0.05) is 23.1 Å².